The smallest absolute Gasteiger partial charge is 0.253 e. The van der Waals surface area contributed by atoms with Crippen molar-refractivity contribution in [3.05, 3.63) is 46.2 Å². The van der Waals surface area contributed by atoms with Gasteiger partial charge in [-0.05, 0) is 40.6 Å². The number of amides is 1. The Bertz CT molecular complexity index is 569. The zero-order valence-corrected chi connectivity index (χ0v) is 10.9. The van der Waals surface area contributed by atoms with Crippen LogP contribution in [0.1, 0.15) is 22.0 Å². The van der Waals surface area contributed by atoms with Crippen LogP contribution in [0.4, 0.5) is 5.69 Å². The van der Waals surface area contributed by atoms with E-state index in [1.807, 2.05) is 10.8 Å². The lowest BCUT2D eigenvalue weighted by molar-refractivity contribution is 0.0917. The van der Waals surface area contributed by atoms with E-state index in [9.17, 15) is 15.0 Å². The number of hydrogen-bond donors (Lipinski definition) is 4. The molecule has 1 atom stereocenters. The fourth-order valence-corrected chi connectivity index (χ4v) is 2.32. The second-order valence-electron chi connectivity index (χ2n) is 4.05. The molecule has 1 heterocycles. The predicted molar refractivity (Wildman–Crippen MR) is 74.1 cm³/mol. The zero-order chi connectivity index (χ0) is 13.8. The number of rotatable bonds is 4. The van der Waals surface area contributed by atoms with Crippen LogP contribution >= 0.6 is 11.3 Å². The number of hydrogen-bond acceptors (Lipinski definition) is 5. The van der Waals surface area contributed by atoms with Crippen molar-refractivity contribution in [3.8, 4) is 5.75 Å². The van der Waals surface area contributed by atoms with Crippen molar-refractivity contribution in [1.82, 2.24) is 5.32 Å². The van der Waals surface area contributed by atoms with Crippen LogP contribution in [0.2, 0.25) is 0 Å². The van der Waals surface area contributed by atoms with Crippen molar-refractivity contribution in [2.75, 3.05) is 12.3 Å². The SMILES string of the molecule is Nc1ccc(O)cc1C(=O)NCC(O)c1ccsc1. The van der Waals surface area contributed by atoms with Crippen LogP contribution in [-0.4, -0.2) is 22.7 Å². The fourth-order valence-electron chi connectivity index (χ4n) is 1.61. The minimum atomic E-state index is -0.756. The van der Waals surface area contributed by atoms with Crippen molar-refractivity contribution >= 4 is 22.9 Å². The van der Waals surface area contributed by atoms with Crippen molar-refractivity contribution in [2.45, 2.75) is 6.10 Å². The monoisotopic (exact) mass is 278 g/mol. The molecule has 0 aliphatic rings. The molecule has 0 bridgehead atoms. The number of nitrogen functional groups attached to an aromatic ring is 1. The number of anilines is 1. The van der Waals surface area contributed by atoms with Crippen LogP contribution in [0, 0.1) is 0 Å². The summed E-state index contributed by atoms with van der Waals surface area (Å²) in [6, 6.07) is 5.96. The molecule has 100 valence electrons. The van der Waals surface area contributed by atoms with E-state index in [2.05, 4.69) is 5.32 Å². The minimum Gasteiger partial charge on any atom is -0.508 e. The summed E-state index contributed by atoms with van der Waals surface area (Å²) in [5.41, 5.74) is 6.89. The molecule has 0 aliphatic carbocycles. The Morgan fingerprint density at radius 1 is 1.42 bits per heavy atom. The molecule has 2 aromatic rings. The summed E-state index contributed by atoms with van der Waals surface area (Å²) in [5, 5.41) is 25.4. The van der Waals surface area contributed by atoms with E-state index in [0.29, 0.717) is 0 Å². The number of aliphatic hydroxyl groups is 1. The minimum absolute atomic E-state index is 0.0299. The number of aliphatic hydroxyl groups excluding tert-OH is 1. The van der Waals surface area contributed by atoms with Gasteiger partial charge in [0.15, 0.2) is 0 Å². The maximum absolute atomic E-state index is 11.9. The van der Waals surface area contributed by atoms with E-state index in [1.54, 1.807) is 6.07 Å². The highest BCUT2D eigenvalue weighted by atomic mass is 32.1. The summed E-state index contributed by atoms with van der Waals surface area (Å²) in [5.74, 6) is -0.458. The lowest BCUT2D eigenvalue weighted by Crippen LogP contribution is -2.28. The highest BCUT2D eigenvalue weighted by Crippen LogP contribution is 2.19. The predicted octanol–water partition coefficient (Wildman–Crippen LogP) is 1.50. The summed E-state index contributed by atoms with van der Waals surface area (Å²) >= 11 is 1.48. The van der Waals surface area contributed by atoms with E-state index in [4.69, 9.17) is 5.73 Å². The molecule has 1 unspecified atom stereocenters. The van der Waals surface area contributed by atoms with E-state index in [0.717, 1.165) is 5.56 Å². The van der Waals surface area contributed by atoms with Crippen LogP contribution in [0.15, 0.2) is 35.0 Å². The molecule has 0 aliphatic heterocycles. The molecule has 1 aromatic heterocycles. The Morgan fingerprint density at radius 2 is 2.21 bits per heavy atom. The number of nitrogens with two attached hydrogens (primary N) is 1. The molecule has 0 fully saturated rings. The third kappa shape index (κ3) is 3.24. The van der Waals surface area contributed by atoms with E-state index >= 15 is 0 Å². The topological polar surface area (TPSA) is 95.6 Å². The standard InChI is InChI=1S/C13H14N2O3S/c14-11-2-1-9(16)5-10(11)13(18)15-6-12(17)8-3-4-19-7-8/h1-5,7,12,16-17H,6,14H2,(H,15,18). The molecule has 0 spiro atoms. The summed E-state index contributed by atoms with van der Waals surface area (Å²) in [4.78, 5) is 11.9. The molecule has 6 heteroatoms. The first-order chi connectivity index (χ1) is 9.08. The van der Waals surface area contributed by atoms with Crippen LogP contribution in [0.25, 0.3) is 0 Å². The molecule has 5 N–H and O–H groups in total. The van der Waals surface area contributed by atoms with Gasteiger partial charge in [0, 0.05) is 12.2 Å². The van der Waals surface area contributed by atoms with Crippen LogP contribution in [-0.2, 0) is 0 Å². The van der Waals surface area contributed by atoms with Gasteiger partial charge in [-0.3, -0.25) is 4.79 Å². The largest absolute Gasteiger partial charge is 0.508 e. The Kier molecular flexibility index (Phi) is 4.03. The number of phenols is 1. The van der Waals surface area contributed by atoms with E-state index < -0.39 is 12.0 Å². The number of carbonyl (C=O) groups is 1. The average molecular weight is 278 g/mol. The average Bonchev–Trinajstić information content (AvgIpc) is 2.92. The van der Waals surface area contributed by atoms with E-state index in [1.165, 1.54) is 29.5 Å². The third-order valence-corrected chi connectivity index (χ3v) is 3.37. The van der Waals surface area contributed by atoms with Crippen molar-refractivity contribution in [2.24, 2.45) is 0 Å². The van der Waals surface area contributed by atoms with Gasteiger partial charge < -0.3 is 21.3 Å². The van der Waals surface area contributed by atoms with Crippen LogP contribution < -0.4 is 11.1 Å². The third-order valence-electron chi connectivity index (χ3n) is 2.67. The van der Waals surface area contributed by atoms with E-state index in [-0.39, 0.29) is 23.5 Å². The Balaban J connectivity index is 2.00. The Labute approximate surface area is 114 Å². The first kappa shape index (κ1) is 13.4. The summed E-state index contributed by atoms with van der Waals surface area (Å²) in [6.07, 6.45) is -0.756. The Morgan fingerprint density at radius 3 is 2.89 bits per heavy atom. The zero-order valence-electron chi connectivity index (χ0n) is 10.0. The second-order valence-corrected chi connectivity index (χ2v) is 4.83. The van der Waals surface area contributed by atoms with Gasteiger partial charge in [-0.25, -0.2) is 0 Å². The normalized spacial score (nSPS) is 12.1. The Hall–Kier alpha value is -2.05. The number of phenolic OH excluding ortho intramolecular Hbond substituents is 1. The number of aromatic hydroxyl groups is 1. The summed E-state index contributed by atoms with van der Waals surface area (Å²) in [7, 11) is 0. The number of nitrogens with one attached hydrogen (secondary N) is 1. The summed E-state index contributed by atoms with van der Waals surface area (Å²) < 4.78 is 0. The maximum atomic E-state index is 11.9. The molecule has 0 saturated carbocycles. The van der Waals surface area contributed by atoms with Gasteiger partial charge in [-0.1, -0.05) is 0 Å². The highest BCUT2D eigenvalue weighted by Gasteiger charge is 2.13. The molecule has 5 nitrogen and oxygen atoms in total. The lowest BCUT2D eigenvalue weighted by atomic mass is 10.1. The molecule has 0 radical (unpaired) electrons. The summed E-state index contributed by atoms with van der Waals surface area (Å²) in [6.45, 7) is 0.0880. The molecular formula is C13H14N2O3S. The van der Waals surface area contributed by atoms with Crippen molar-refractivity contribution in [1.29, 1.82) is 0 Å². The van der Waals surface area contributed by atoms with Gasteiger partial charge in [0.25, 0.3) is 5.91 Å². The lowest BCUT2D eigenvalue weighted by Gasteiger charge is -2.11. The molecule has 2 rings (SSSR count). The highest BCUT2D eigenvalue weighted by molar-refractivity contribution is 7.07. The molecule has 1 amide bonds. The van der Waals surface area contributed by atoms with Gasteiger partial charge in [0.2, 0.25) is 0 Å². The van der Waals surface area contributed by atoms with Gasteiger partial charge in [-0.2, -0.15) is 11.3 Å². The van der Waals surface area contributed by atoms with Gasteiger partial charge >= 0.3 is 0 Å². The molecule has 1 aromatic carbocycles. The first-order valence-corrected chi connectivity index (χ1v) is 6.59. The quantitative estimate of drug-likeness (QED) is 0.503. The number of thiophene rings is 1. The molecule has 19 heavy (non-hydrogen) atoms. The second kappa shape index (κ2) is 5.73. The van der Waals surface area contributed by atoms with Crippen LogP contribution in [0.3, 0.4) is 0 Å². The maximum Gasteiger partial charge on any atom is 0.253 e. The van der Waals surface area contributed by atoms with Gasteiger partial charge in [0.05, 0.1) is 11.7 Å². The molecule has 0 saturated heterocycles. The van der Waals surface area contributed by atoms with Crippen molar-refractivity contribution in [3.63, 3.8) is 0 Å². The number of carbonyl (C=O) groups excluding carboxylic acids is 1. The van der Waals surface area contributed by atoms with Gasteiger partial charge in [-0.15, -0.1) is 0 Å². The van der Waals surface area contributed by atoms with Crippen molar-refractivity contribution < 1.29 is 15.0 Å². The van der Waals surface area contributed by atoms with Crippen LogP contribution in [0.5, 0.6) is 5.75 Å². The molecular weight excluding hydrogens is 264 g/mol. The fraction of sp³-hybridized carbons (Fsp3) is 0.154. The van der Waals surface area contributed by atoms with Gasteiger partial charge in [0.1, 0.15) is 5.75 Å². The number of benzene rings is 1. The first-order valence-electron chi connectivity index (χ1n) is 5.65.